The maximum Gasteiger partial charge on any atom is 0.186 e. The van der Waals surface area contributed by atoms with Gasteiger partial charge in [0.25, 0.3) is 0 Å². The Morgan fingerprint density at radius 2 is 1.71 bits per heavy atom. The van der Waals surface area contributed by atoms with Crippen LogP contribution in [-0.2, 0) is 9.47 Å². The largest absolute Gasteiger partial charge is 0.394 e. The van der Waals surface area contributed by atoms with Gasteiger partial charge in [0.2, 0.25) is 0 Å². The molecular formula is C9H18O8. The van der Waals surface area contributed by atoms with Crippen LogP contribution in [0, 0.1) is 0 Å². The van der Waals surface area contributed by atoms with Gasteiger partial charge >= 0.3 is 0 Å². The van der Waals surface area contributed by atoms with Crippen molar-refractivity contribution in [3.63, 3.8) is 0 Å². The molecule has 0 aliphatic carbocycles. The van der Waals surface area contributed by atoms with Gasteiger partial charge in [0.05, 0.1) is 6.61 Å². The molecule has 0 radical (unpaired) electrons. The maximum absolute atomic E-state index is 9.59. The van der Waals surface area contributed by atoms with Gasteiger partial charge < -0.3 is 40.1 Å². The third-order valence-corrected chi connectivity index (χ3v) is 2.76. The fourth-order valence-electron chi connectivity index (χ4n) is 1.68. The van der Waals surface area contributed by atoms with Crippen LogP contribution in [0.1, 0.15) is 0 Å². The quantitative estimate of drug-likeness (QED) is 0.300. The normalized spacial score (nSPS) is 42.2. The van der Waals surface area contributed by atoms with Crippen LogP contribution in [-0.4, -0.2) is 87.3 Å². The van der Waals surface area contributed by atoms with E-state index in [1.165, 1.54) is 7.11 Å². The average Bonchev–Trinajstić information content (AvgIpc) is 2.34. The van der Waals surface area contributed by atoms with Crippen molar-refractivity contribution in [2.24, 2.45) is 0 Å². The molecule has 102 valence electrons. The highest BCUT2D eigenvalue weighted by molar-refractivity contribution is 4.94. The van der Waals surface area contributed by atoms with E-state index >= 15 is 0 Å². The molecule has 0 saturated carbocycles. The second-order valence-corrected chi connectivity index (χ2v) is 3.92. The van der Waals surface area contributed by atoms with E-state index in [2.05, 4.69) is 0 Å². The second-order valence-electron chi connectivity index (χ2n) is 3.92. The molecule has 0 spiro atoms. The van der Waals surface area contributed by atoms with Crippen molar-refractivity contribution in [2.75, 3.05) is 13.7 Å². The van der Waals surface area contributed by atoms with Gasteiger partial charge in [-0.15, -0.1) is 0 Å². The van der Waals surface area contributed by atoms with Gasteiger partial charge in [-0.3, -0.25) is 0 Å². The average molecular weight is 254 g/mol. The number of aliphatic hydroxyl groups is 6. The Kier molecular flexibility index (Phi) is 5.22. The Morgan fingerprint density at radius 3 is 2.18 bits per heavy atom. The monoisotopic (exact) mass is 254 g/mol. The Bertz CT molecular complexity index is 231. The van der Waals surface area contributed by atoms with Crippen LogP contribution in [0.5, 0.6) is 0 Å². The number of ether oxygens (including phenoxy) is 2. The maximum atomic E-state index is 9.59. The fraction of sp³-hybridized carbons (Fsp3) is 1.00. The number of rotatable bonds is 4. The van der Waals surface area contributed by atoms with Gasteiger partial charge in [0.15, 0.2) is 6.29 Å². The summed E-state index contributed by atoms with van der Waals surface area (Å²) in [4.78, 5) is 0. The molecule has 17 heavy (non-hydrogen) atoms. The first kappa shape index (κ1) is 14.7. The lowest BCUT2D eigenvalue weighted by molar-refractivity contribution is -0.309. The Labute approximate surface area is 97.6 Å². The molecule has 0 aromatic carbocycles. The zero-order valence-electron chi connectivity index (χ0n) is 9.25. The van der Waals surface area contributed by atoms with Crippen LogP contribution in [0.2, 0.25) is 0 Å². The van der Waals surface area contributed by atoms with Crippen LogP contribution < -0.4 is 0 Å². The van der Waals surface area contributed by atoms with Crippen molar-refractivity contribution >= 4 is 0 Å². The first-order valence-corrected chi connectivity index (χ1v) is 5.13. The minimum Gasteiger partial charge on any atom is -0.394 e. The van der Waals surface area contributed by atoms with Gasteiger partial charge in [-0.05, 0) is 0 Å². The van der Waals surface area contributed by atoms with E-state index in [0.29, 0.717) is 0 Å². The highest BCUT2D eigenvalue weighted by atomic mass is 16.7. The summed E-state index contributed by atoms with van der Waals surface area (Å²) in [7, 11) is 1.21. The molecule has 1 rings (SSSR count). The van der Waals surface area contributed by atoms with E-state index in [4.69, 9.17) is 14.6 Å². The van der Waals surface area contributed by atoms with Crippen molar-refractivity contribution in [3.8, 4) is 0 Å². The third-order valence-electron chi connectivity index (χ3n) is 2.76. The summed E-state index contributed by atoms with van der Waals surface area (Å²) < 4.78 is 9.73. The topological polar surface area (TPSA) is 140 Å². The van der Waals surface area contributed by atoms with Crippen molar-refractivity contribution in [3.05, 3.63) is 0 Å². The molecule has 8 heteroatoms. The summed E-state index contributed by atoms with van der Waals surface area (Å²) in [6, 6.07) is 0. The van der Waals surface area contributed by atoms with Crippen molar-refractivity contribution in [2.45, 2.75) is 42.9 Å². The van der Waals surface area contributed by atoms with E-state index in [1.807, 2.05) is 0 Å². The van der Waals surface area contributed by atoms with Gasteiger partial charge in [-0.25, -0.2) is 0 Å². The van der Waals surface area contributed by atoms with Crippen LogP contribution in [0.4, 0.5) is 0 Å². The Balaban J connectivity index is 2.78. The summed E-state index contributed by atoms with van der Waals surface area (Å²) in [6.45, 7) is -0.732. The molecule has 0 aromatic rings. The number of hydrogen-bond acceptors (Lipinski definition) is 8. The standard InChI is InChI=1S/C9H18O8/c1-16-9-7(15)5(13)6(14)8(17-9)4(12)3(11)2-10/h3-15H,2H2,1H3/t3-,4+,5-,6+,7-,8-,9?/m1/s1. The molecule has 1 heterocycles. The fourth-order valence-corrected chi connectivity index (χ4v) is 1.68. The predicted octanol–water partition coefficient (Wildman–Crippen LogP) is -3.85. The molecule has 1 fully saturated rings. The Morgan fingerprint density at radius 1 is 1.12 bits per heavy atom. The third kappa shape index (κ3) is 2.92. The summed E-state index contributed by atoms with van der Waals surface area (Å²) >= 11 is 0. The van der Waals surface area contributed by atoms with Crippen LogP contribution in [0.3, 0.4) is 0 Å². The Hall–Kier alpha value is -0.320. The highest BCUT2D eigenvalue weighted by Crippen LogP contribution is 2.24. The molecule has 1 unspecified atom stereocenters. The van der Waals surface area contributed by atoms with Crippen LogP contribution in [0.25, 0.3) is 0 Å². The molecule has 1 saturated heterocycles. The van der Waals surface area contributed by atoms with E-state index in [1.54, 1.807) is 0 Å². The molecule has 1 aliphatic rings. The summed E-state index contributed by atoms with van der Waals surface area (Å²) in [6.07, 6.45) is -10.4. The van der Waals surface area contributed by atoms with Gasteiger partial charge in [-0.2, -0.15) is 0 Å². The summed E-state index contributed by atoms with van der Waals surface area (Å²) in [5.74, 6) is 0. The van der Waals surface area contributed by atoms with E-state index < -0.39 is 49.5 Å². The van der Waals surface area contributed by atoms with Gasteiger partial charge in [0, 0.05) is 7.11 Å². The lowest BCUT2D eigenvalue weighted by atomic mass is 9.93. The molecule has 7 atom stereocenters. The van der Waals surface area contributed by atoms with E-state index in [0.717, 1.165) is 0 Å². The van der Waals surface area contributed by atoms with Crippen molar-refractivity contribution in [1.82, 2.24) is 0 Å². The molecular weight excluding hydrogens is 236 g/mol. The zero-order valence-corrected chi connectivity index (χ0v) is 9.25. The highest BCUT2D eigenvalue weighted by Gasteiger charge is 2.47. The predicted molar refractivity (Wildman–Crippen MR) is 52.8 cm³/mol. The number of aliphatic hydroxyl groups excluding tert-OH is 6. The number of methoxy groups -OCH3 is 1. The molecule has 8 nitrogen and oxygen atoms in total. The lowest BCUT2D eigenvalue weighted by Gasteiger charge is -2.42. The smallest absolute Gasteiger partial charge is 0.186 e. The number of hydrogen-bond donors (Lipinski definition) is 6. The van der Waals surface area contributed by atoms with Gasteiger partial charge in [0.1, 0.15) is 36.6 Å². The molecule has 0 bridgehead atoms. The van der Waals surface area contributed by atoms with Crippen LogP contribution in [0.15, 0.2) is 0 Å². The molecule has 0 aromatic heterocycles. The summed E-state index contributed by atoms with van der Waals surface area (Å²) in [5, 5.41) is 56.0. The minimum absolute atomic E-state index is 0.732. The molecule has 1 aliphatic heterocycles. The molecule has 0 amide bonds. The SMILES string of the molecule is COC1O[C@H]([C@@H](O)[C@H](O)CO)[C@@H](O)[C@@H](O)[C@H]1O. The van der Waals surface area contributed by atoms with E-state index in [9.17, 15) is 25.5 Å². The van der Waals surface area contributed by atoms with Crippen molar-refractivity contribution in [1.29, 1.82) is 0 Å². The van der Waals surface area contributed by atoms with Crippen LogP contribution >= 0.6 is 0 Å². The summed E-state index contributed by atoms with van der Waals surface area (Å²) in [5.41, 5.74) is 0. The lowest BCUT2D eigenvalue weighted by Crippen LogP contribution is -2.62. The first-order valence-electron chi connectivity index (χ1n) is 5.13. The first-order chi connectivity index (χ1) is 7.93. The van der Waals surface area contributed by atoms with Crippen molar-refractivity contribution < 1.29 is 40.1 Å². The zero-order chi connectivity index (χ0) is 13.2. The second kappa shape index (κ2) is 6.03. The van der Waals surface area contributed by atoms with Gasteiger partial charge in [-0.1, -0.05) is 0 Å². The molecule has 6 N–H and O–H groups in total. The van der Waals surface area contributed by atoms with E-state index in [-0.39, 0.29) is 0 Å². The minimum atomic E-state index is -1.62.